The van der Waals surface area contributed by atoms with Gasteiger partial charge in [0.05, 0.1) is 11.4 Å². The lowest BCUT2D eigenvalue weighted by Crippen LogP contribution is -2.27. The summed E-state index contributed by atoms with van der Waals surface area (Å²) in [5.74, 6) is 0.0815. The van der Waals surface area contributed by atoms with Crippen molar-refractivity contribution in [3.05, 3.63) is 17.7 Å². The van der Waals surface area contributed by atoms with Crippen molar-refractivity contribution >= 4 is 34.7 Å². The predicted octanol–water partition coefficient (Wildman–Crippen LogP) is 3.24. The number of carbonyl (C=O) groups is 1. The van der Waals surface area contributed by atoms with E-state index in [0.717, 1.165) is 28.7 Å². The molecule has 114 valence electrons. The summed E-state index contributed by atoms with van der Waals surface area (Å²) in [6.45, 7) is 0. The van der Waals surface area contributed by atoms with Crippen LogP contribution in [-0.2, 0) is 11.2 Å². The molecule has 0 spiro atoms. The highest BCUT2D eigenvalue weighted by molar-refractivity contribution is 7.99. The van der Waals surface area contributed by atoms with Gasteiger partial charge in [0.2, 0.25) is 5.91 Å². The average Bonchev–Trinajstić information content (AvgIpc) is 2.49. The second kappa shape index (κ2) is 6.18. The first-order valence-corrected chi connectivity index (χ1v) is 8.96. The van der Waals surface area contributed by atoms with Crippen molar-refractivity contribution in [1.29, 1.82) is 0 Å². The Morgan fingerprint density at radius 2 is 2.00 bits per heavy atom. The van der Waals surface area contributed by atoms with E-state index in [-0.39, 0.29) is 5.91 Å². The van der Waals surface area contributed by atoms with Crippen LogP contribution in [0.1, 0.15) is 37.7 Å². The van der Waals surface area contributed by atoms with Gasteiger partial charge in [-0.15, -0.1) is 0 Å². The molecular formula is C16H23N3OS. The largest absolute Gasteiger partial charge is 0.397 e. The summed E-state index contributed by atoms with van der Waals surface area (Å²) in [6.07, 6.45) is 8.54. The maximum atomic E-state index is 11.4. The van der Waals surface area contributed by atoms with Crippen LogP contribution in [0.3, 0.4) is 0 Å². The second-order valence-corrected chi connectivity index (χ2v) is 7.14. The first-order valence-electron chi connectivity index (χ1n) is 7.67. The minimum Gasteiger partial charge on any atom is -0.397 e. The zero-order valence-corrected chi connectivity index (χ0v) is 13.3. The molecule has 0 atom stereocenters. The number of aryl methyl sites for hydroxylation is 1. The molecule has 1 fully saturated rings. The molecule has 1 aromatic carbocycles. The van der Waals surface area contributed by atoms with Crippen LogP contribution in [0.15, 0.2) is 12.1 Å². The number of hydrogen-bond acceptors (Lipinski definition) is 4. The van der Waals surface area contributed by atoms with E-state index in [1.165, 1.54) is 31.2 Å². The molecule has 4 nitrogen and oxygen atoms in total. The van der Waals surface area contributed by atoms with Gasteiger partial charge in [-0.3, -0.25) is 4.79 Å². The van der Waals surface area contributed by atoms with Gasteiger partial charge in [0.15, 0.2) is 0 Å². The molecule has 0 bridgehead atoms. The predicted molar refractivity (Wildman–Crippen MR) is 91.0 cm³/mol. The van der Waals surface area contributed by atoms with Gasteiger partial charge in [-0.05, 0) is 56.1 Å². The number of fused-ring (bicyclic) bond motifs is 1. The Bertz CT molecular complexity index is 539. The Kier molecular flexibility index (Phi) is 4.29. The van der Waals surface area contributed by atoms with Gasteiger partial charge >= 0.3 is 0 Å². The van der Waals surface area contributed by atoms with Gasteiger partial charge in [-0.25, -0.2) is 0 Å². The molecule has 3 rings (SSSR count). The molecule has 4 N–H and O–H groups in total. The van der Waals surface area contributed by atoms with E-state index in [1.807, 2.05) is 17.8 Å². The third-order valence-corrected chi connectivity index (χ3v) is 5.68. The van der Waals surface area contributed by atoms with Gasteiger partial charge in [-0.1, -0.05) is 0 Å². The van der Waals surface area contributed by atoms with E-state index < -0.39 is 0 Å². The first-order chi connectivity index (χ1) is 10.2. The van der Waals surface area contributed by atoms with Crippen molar-refractivity contribution in [1.82, 2.24) is 0 Å². The maximum absolute atomic E-state index is 11.4. The van der Waals surface area contributed by atoms with E-state index in [9.17, 15) is 4.79 Å². The highest BCUT2D eigenvalue weighted by Crippen LogP contribution is 2.34. The van der Waals surface area contributed by atoms with Gasteiger partial charge < -0.3 is 16.4 Å². The monoisotopic (exact) mass is 305 g/mol. The van der Waals surface area contributed by atoms with Crippen LogP contribution in [0.25, 0.3) is 0 Å². The molecule has 1 aliphatic carbocycles. The van der Waals surface area contributed by atoms with Crippen LogP contribution >= 0.6 is 11.8 Å². The maximum Gasteiger partial charge on any atom is 0.224 e. The van der Waals surface area contributed by atoms with Crippen LogP contribution in [0, 0.1) is 0 Å². The molecule has 0 saturated heterocycles. The highest BCUT2D eigenvalue weighted by atomic mass is 32.2. The smallest absolute Gasteiger partial charge is 0.224 e. The quantitative estimate of drug-likeness (QED) is 0.750. The Balaban J connectivity index is 1.70. The van der Waals surface area contributed by atoms with Gasteiger partial charge in [0.25, 0.3) is 0 Å². The fourth-order valence-corrected chi connectivity index (χ4v) is 3.98. The number of hydrogen-bond donors (Lipinski definition) is 3. The van der Waals surface area contributed by atoms with Gasteiger partial charge in [0, 0.05) is 23.4 Å². The molecule has 5 heteroatoms. The normalized spacial score (nSPS) is 25.1. The molecule has 1 saturated carbocycles. The van der Waals surface area contributed by atoms with E-state index in [0.29, 0.717) is 12.5 Å². The van der Waals surface area contributed by atoms with Gasteiger partial charge in [0.1, 0.15) is 0 Å². The molecule has 1 aliphatic heterocycles. The molecule has 1 amide bonds. The molecule has 0 aromatic heterocycles. The summed E-state index contributed by atoms with van der Waals surface area (Å²) in [5.41, 5.74) is 9.95. The zero-order chi connectivity index (χ0) is 14.8. The summed E-state index contributed by atoms with van der Waals surface area (Å²) in [5, 5.41) is 7.32. The van der Waals surface area contributed by atoms with Gasteiger partial charge in [-0.2, -0.15) is 11.8 Å². The van der Waals surface area contributed by atoms with Crippen molar-refractivity contribution in [3.8, 4) is 0 Å². The van der Waals surface area contributed by atoms with E-state index in [1.54, 1.807) is 0 Å². The number of thioether (sulfide) groups is 1. The Morgan fingerprint density at radius 3 is 2.71 bits per heavy atom. The average molecular weight is 305 g/mol. The number of rotatable bonds is 3. The van der Waals surface area contributed by atoms with Crippen LogP contribution in [0.5, 0.6) is 0 Å². The number of nitrogens with one attached hydrogen (secondary N) is 2. The third-order valence-electron chi connectivity index (χ3n) is 4.54. The Labute approximate surface area is 130 Å². The topological polar surface area (TPSA) is 67.2 Å². The Hall–Kier alpha value is -1.36. The number of nitrogen functional groups attached to an aromatic ring is 1. The minimum atomic E-state index is 0.0815. The van der Waals surface area contributed by atoms with Crippen molar-refractivity contribution in [2.45, 2.75) is 49.8 Å². The van der Waals surface area contributed by atoms with Crippen molar-refractivity contribution in [2.75, 3.05) is 22.6 Å². The number of nitrogens with two attached hydrogens (primary N) is 1. The lowest BCUT2D eigenvalue weighted by atomic mass is 9.94. The van der Waals surface area contributed by atoms with Crippen molar-refractivity contribution < 1.29 is 4.79 Å². The fraction of sp³-hybridized carbons (Fsp3) is 0.562. The summed E-state index contributed by atoms with van der Waals surface area (Å²) in [6, 6.07) is 4.53. The summed E-state index contributed by atoms with van der Waals surface area (Å²) in [7, 11) is 0. The summed E-state index contributed by atoms with van der Waals surface area (Å²) >= 11 is 1.98. The number of benzene rings is 1. The molecule has 0 unspecified atom stereocenters. The lowest BCUT2D eigenvalue weighted by Gasteiger charge is -2.30. The van der Waals surface area contributed by atoms with Crippen LogP contribution in [0.4, 0.5) is 17.1 Å². The molecule has 21 heavy (non-hydrogen) atoms. The number of carbonyl (C=O) groups excluding carboxylic acids is 1. The summed E-state index contributed by atoms with van der Waals surface area (Å²) in [4.78, 5) is 11.4. The van der Waals surface area contributed by atoms with Crippen LogP contribution < -0.4 is 16.4 Å². The van der Waals surface area contributed by atoms with Crippen molar-refractivity contribution in [2.24, 2.45) is 0 Å². The minimum absolute atomic E-state index is 0.0815. The number of anilines is 3. The first kappa shape index (κ1) is 14.6. The summed E-state index contributed by atoms with van der Waals surface area (Å²) < 4.78 is 0. The molecule has 2 aliphatic rings. The molecule has 1 aromatic rings. The number of amides is 1. The van der Waals surface area contributed by atoms with Crippen LogP contribution in [-0.4, -0.2) is 23.5 Å². The fourth-order valence-electron chi connectivity index (χ4n) is 3.23. The molecular weight excluding hydrogens is 282 g/mol. The second-order valence-electron chi connectivity index (χ2n) is 6.00. The lowest BCUT2D eigenvalue weighted by molar-refractivity contribution is -0.116. The van der Waals surface area contributed by atoms with Crippen LogP contribution in [0.2, 0.25) is 0 Å². The Morgan fingerprint density at radius 1 is 1.24 bits per heavy atom. The van der Waals surface area contributed by atoms with Crippen molar-refractivity contribution in [3.63, 3.8) is 0 Å². The standard InChI is InChI=1S/C16H23N3OS/c1-21-12-5-3-11(4-6-12)18-15-8-10-2-7-16(20)19-14(10)9-13(15)17/h8-9,11-12,18H,2-7,17H2,1H3,(H,19,20). The SMILES string of the molecule is CSC1CCC(Nc2cc3c(cc2N)NC(=O)CC3)CC1. The highest BCUT2D eigenvalue weighted by Gasteiger charge is 2.22. The van der Waals surface area contributed by atoms with E-state index >= 15 is 0 Å². The molecule has 0 radical (unpaired) electrons. The zero-order valence-electron chi connectivity index (χ0n) is 12.4. The van der Waals surface area contributed by atoms with E-state index in [4.69, 9.17) is 5.73 Å². The molecule has 1 heterocycles. The van der Waals surface area contributed by atoms with E-state index in [2.05, 4.69) is 23.0 Å². The third kappa shape index (κ3) is 3.28.